The number of carboxylic acid groups (broad SMARTS) is 1. The molecule has 1 aliphatic carbocycles. The Morgan fingerprint density at radius 3 is 2.93 bits per heavy atom. The lowest BCUT2D eigenvalue weighted by molar-refractivity contribution is -0.138. The zero-order chi connectivity index (χ0) is 10.8. The highest BCUT2D eigenvalue weighted by atomic mass is 16.4. The summed E-state index contributed by atoms with van der Waals surface area (Å²) in [7, 11) is 0. The summed E-state index contributed by atoms with van der Waals surface area (Å²) in [5.74, 6) is -0.942. The first-order chi connectivity index (χ1) is 7.16. The first-order valence-electron chi connectivity index (χ1n) is 5.35. The Morgan fingerprint density at radius 2 is 2.27 bits per heavy atom. The van der Waals surface area contributed by atoms with E-state index >= 15 is 0 Å². The Balaban J connectivity index is 2.09. The molecule has 1 unspecified atom stereocenters. The second-order valence-corrected chi connectivity index (χ2v) is 4.15. The van der Waals surface area contributed by atoms with Crippen LogP contribution in [0.25, 0.3) is 0 Å². The van der Waals surface area contributed by atoms with Crippen LogP contribution < -0.4 is 5.73 Å². The van der Waals surface area contributed by atoms with Crippen molar-refractivity contribution in [3.05, 3.63) is 23.0 Å². The number of aromatic amines is 1. The Bertz CT molecular complexity index is 347. The second-order valence-electron chi connectivity index (χ2n) is 4.15. The van der Waals surface area contributed by atoms with Crippen LogP contribution in [0.2, 0.25) is 0 Å². The summed E-state index contributed by atoms with van der Waals surface area (Å²) in [4.78, 5) is 13.9. The van der Waals surface area contributed by atoms with Crippen LogP contribution in [-0.4, -0.2) is 22.1 Å². The summed E-state index contributed by atoms with van der Waals surface area (Å²) < 4.78 is 0. The predicted molar refractivity (Wildman–Crippen MR) is 56.7 cm³/mol. The van der Waals surface area contributed by atoms with E-state index in [2.05, 4.69) is 11.1 Å². The van der Waals surface area contributed by atoms with Crippen molar-refractivity contribution in [2.75, 3.05) is 0 Å². The fourth-order valence-electron chi connectivity index (χ4n) is 2.11. The van der Waals surface area contributed by atoms with Gasteiger partial charge in [0.1, 0.15) is 6.04 Å². The van der Waals surface area contributed by atoms with E-state index in [1.165, 1.54) is 24.1 Å². The minimum Gasteiger partial charge on any atom is -0.480 e. The molecular formula is C11H16N2O2. The van der Waals surface area contributed by atoms with E-state index in [1.807, 2.05) is 0 Å². The van der Waals surface area contributed by atoms with Crippen LogP contribution in [0, 0.1) is 0 Å². The SMILES string of the molecule is NC(Cc1cc2c([nH]1)CCCC2)C(=O)O. The van der Waals surface area contributed by atoms with Gasteiger partial charge in [-0.2, -0.15) is 0 Å². The molecular weight excluding hydrogens is 192 g/mol. The number of carbonyl (C=O) groups is 1. The summed E-state index contributed by atoms with van der Waals surface area (Å²) in [6, 6.07) is 1.27. The van der Waals surface area contributed by atoms with Gasteiger partial charge in [0.2, 0.25) is 0 Å². The van der Waals surface area contributed by atoms with Gasteiger partial charge in [0.15, 0.2) is 0 Å². The molecule has 4 N–H and O–H groups in total. The van der Waals surface area contributed by atoms with E-state index in [0.29, 0.717) is 6.42 Å². The highest BCUT2D eigenvalue weighted by Gasteiger charge is 2.16. The third kappa shape index (κ3) is 2.21. The number of fused-ring (bicyclic) bond motifs is 1. The quantitative estimate of drug-likeness (QED) is 0.689. The molecule has 1 heterocycles. The van der Waals surface area contributed by atoms with E-state index in [4.69, 9.17) is 10.8 Å². The van der Waals surface area contributed by atoms with E-state index in [9.17, 15) is 4.79 Å². The number of rotatable bonds is 3. The van der Waals surface area contributed by atoms with E-state index < -0.39 is 12.0 Å². The van der Waals surface area contributed by atoms with Crippen LogP contribution in [-0.2, 0) is 24.1 Å². The van der Waals surface area contributed by atoms with Crippen LogP contribution in [0.3, 0.4) is 0 Å². The summed E-state index contributed by atoms with van der Waals surface area (Å²) in [5.41, 5.74) is 9.06. The van der Waals surface area contributed by atoms with Crippen molar-refractivity contribution in [2.24, 2.45) is 5.73 Å². The van der Waals surface area contributed by atoms with Gasteiger partial charge in [-0.3, -0.25) is 4.79 Å². The molecule has 1 atom stereocenters. The molecule has 0 radical (unpaired) electrons. The Kier molecular flexibility index (Phi) is 2.77. The first kappa shape index (κ1) is 10.2. The summed E-state index contributed by atoms with van der Waals surface area (Å²) in [6.07, 6.45) is 5.03. The van der Waals surface area contributed by atoms with E-state index in [1.54, 1.807) is 0 Å². The van der Waals surface area contributed by atoms with Crippen LogP contribution in [0.4, 0.5) is 0 Å². The van der Waals surface area contributed by atoms with Crippen LogP contribution in [0.15, 0.2) is 6.07 Å². The number of H-pyrrole nitrogens is 1. The number of nitrogens with two attached hydrogens (primary N) is 1. The van der Waals surface area contributed by atoms with Gasteiger partial charge in [0.05, 0.1) is 0 Å². The standard InChI is InChI=1S/C11H16N2O2/c12-9(11(14)15)6-8-5-7-3-1-2-4-10(7)13-8/h5,9,13H,1-4,6,12H2,(H,14,15). The Hall–Kier alpha value is -1.29. The lowest BCUT2D eigenvalue weighted by Gasteiger charge is -2.09. The molecule has 15 heavy (non-hydrogen) atoms. The van der Waals surface area contributed by atoms with Crippen LogP contribution >= 0.6 is 0 Å². The van der Waals surface area contributed by atoms with Crippen molar-refractivity contribution in [2.45, 2.75) is 38.1 Å². The minimum atomic E-state index is -0.942. The lowest BCUT2D eigenvalue weighted by atomic mass is 9.98. The maximum Gasteiger partial charge on any atom is 0.320 e. The zero-order valence-corrected chi connectivity index (χ0v) is 8.62. The second kappa shape index (κ2) is 4.06. The van der Waals surface area contributed by atoms with Crippen LogP contribution in [0.5, 0.6) is 0 Å². The van der Waals surface area contributed by atoms with Gasteiger partial charge in [0.25, 0.3) is 0 Å². The number of carboxylic acids is 1. The smallest absolute Gasteiger partial charge is 0.320 e. The van der Waals surface area contributed by atoms with Crippen LogP contribution in [0.1, 0.15) is 29.8 Å². The minimum absolute atomic E-state index is 0.391. The molecule has 0 amide bonds. The molecule has 0 bridgehead atoms. The summed E-state index contributed by atoms with van der Waals surface area (Å²) >= 11 is 0. The molecule has 82 valence electrons. The number of nitrogens with one attached hydrogen (secondary N) is 1. The molecule has 0 aliphatic heterocycles. The number of aromatic nitrogens is 1. The molecule has 1 aliphatic rings. The molecule has 0 fully saturated rings. The van der Waals surface area contributed by atoms with Crippen molar-refractivity contribution in [1.29, 1.82) is 0 Å². The Morgan fingerprint density at radius 1 is 1.53 bits per heavy atom. The monoisotopic (exact) mass is 208 g/mol. The maximum atomic E-state index is 10.6. The number of aryl methyl sites for hydroxylation is 2. The first-order valence-corrected chi connectivity index (χ1v) is 5.35. The van der Waals surface area contributed by atoms with Gasteiger partial charge in [-0.05, 0) is 37.3 Å². The Labute approximate surface area is 88.5 Å². The summed E-state index contributed by atoms with van der Waals surface area (Å²) in [5, 5.41) is 8.71. The molecule has 1 aromatic heterocycles. The molecule has 2 rings (SSSR count). The fraction of sp³-hybridized carbons (Fsp3) is 0.545. The number of aliphatic carboxylic acids is 1. The highest BCUT2D eigenvalue weighted by molar-refractivity contribution is 5.73. The highest BCUT2D eigenvalue weighted by Crippen LogP contribution is 2.21. The van der Waals surface area contributed by atoms with Crippen molar-refractivity contribution in [1.82, 2.24) is 4.98 Å². The molecule has 0 saturated heterocycles. The van der Waals surface area contributed by atoms with Crippen molar-refractivity contribution < 1.29 is 9.90 Å². The molecule has 0 spiro atoms. The molecule has 0 saturated carbocycles. The molecule has 0 aromatic carbocycles. The van der Waals surface area contributed by atoms with Gasteiger partial charge in [-0.15, -0.1) is 0 Å². The van der Waals surface area contributed by atoms with Crippen molar-refractivity contribution in [3.8, 4) is 0 Å². The van der Waals surface area contributed by atoms with Gasteiger partial charge >= 0.3 is 5.97 Å². The average Bonchev–Trinajstić information content (AvgIpc) is 2.59. The maximum absolute atomic E-state index is 10.6. The normalized spacial score (nSPS) is 17.1. The lowest BCUT2D eigenvalue weighted by Crippen LogP contribution is -2.32. The third-order valence-corrected chi connectivity index (χ3v) is 2.93. The summed E-state index contributed by atoms with van der Waals surface area (Å²) in [6.45, 7) is 0. The van der Waals surface area contributed by atoms with Crippen molar-refractivity contribution in [3.63, 3.8) is 0 Å². The predicted octanol–water partition coefficient (Wildman–Crippen LogP) is 0.848. The largest absolute Gasteiger partial charge is 0.480 e. The van der Waals surface area contributed by atoms with E-state index in [-0.39, 0.29) is 0 Å². The third-order valence-electron chi connectivity index (χ3n) is 2.93. The zero-order valence-electron chi connectivity index (χ0n) is 8.62. The fourth-order valence-corrected chi connectivity index (χ4v) is 2.11. The van der Waals surface area contributed by atoms with E-state index in [0.717, 1.165) is 18.5 Å². The number of hydrogen-bond donors (Lipinski definition) is 3. The van der Waals surface area contributed by atoms with Gasteiger partial charge in [-0.25, -0.2) is 0 Å². The van der Waals surface area contributed by atoms with Gasteiger partial charge < -0.3 is 15.8 Å². The molecule has 1 aromatic rings. The van der Waals surface area contributed by atoms with Gasteiger partial charge in [0, 0.05) is 17.8 Å². The molecule has 4 nitrogen and oxygen atoms in total. The molecule has 4 heteroatoms. The number of hydrogen-bond acceptors (Lipinski definition) is 2. The van der Waals surface area contributed by atoms with Crippen molar-refractivity contribution >= 4 is 5.97 Å². The average molecular weight is 208 g/mol. The topological polar surface area (TPSA) is 79.1 Å². The van der Waals surface area contributed by atoms with Gasteiger partial charge in [-0.1, -0.05) is 0 Å².